The molecule has 0 fully saturated rings. The molecule has 2 aromatic rings. The van der Waals surface area contributed by atoms with E-state index in [1.165, 1.54) is 12.1 Å². The zero-order chi connectivity index (χ0) is 18.3. The molecule has 26 heavy (non-hydrogen) atoms. The minimum Gasteiger partial charge on any atom is -0.352 e. The molecule has 0 atom stereocenters. The van der Waals surface area contributed by atoms with Crippen LogP contribution < -0.4 is 15.4 Å². The van der Waals surface area contributed by atoms with E-state index in [-0.39, 0.29) is 23.2 Å². The number of anilines is 1. The molecular formula is C18H24ClN3O3S. The van der Waals surface area contributed by atoms with Crippen LogP contribution in [0.15, 0.2) is 53.4 Å². The largest absolute Gasteiger partial charge is 0.352 e. The van der Waals surface area contributed by atoms with Crippen LogP contribution in [0.5, 0.6) is 0 Å². The summed E-state index contributed by atoms with van der Waals surface area (Å²) in [4.78, 5) is 12.2. The van der Waals surface area contributed by atoms with Crippen LogP contribution in [0.1, 0.15) is 22.3 Å². The van der Waals surface area contributed by atoms with Gasteiger partial charge in [-0.05, 0) is 62.8 Å². The first kappa shape index (κ1) is 22.0. The van der Waals surface area contributed by atoms with Crippen molar-refractivity contribution in [1.82, 2.24) is 10.6 Å². The molecular weight excluding hydrogens is 374 g/mol. The second kappa shape index (κ2) is 10.2. The number of nitrogens with one attached hydrogen (secondary N) is 3. The lowest BCUT2D eigenvalue weighted by Crippen LogP contribution is -2.26. The number of hydrogen-bond donors (Lipinski definition) is 3. The standard InChI is InChI=1S/C18H23N3O3S.ClH/c1-14-6-3-8-16(12-14)21-25(23,24)17-9-4-7-15(13-17)18(22)20-11-5-10-19-2;/h3-4,6-9,12-13,19,21H,5,10-11H2,1-2H3,(H,20,22);1H. The Morgan fingerprint density at radius 2 is 1.77 bits per heavy atom. The Morgan fingerprint density at radius 3 is 2.46 bits per heavy atom. The summed E-state index contributed by atoms with van der Waals surface area (Å²) >= 11 is 0. The summed E-state index contributed by atoms with van der Waals surface area (Å²) in [6, 6.07) is 13.1. The predicted octanol–water partition coefficient (Wildman–Crippen LogP) is 2.56. The van der Waals surface area contributed by atoms with Crippen molar-refractivity contribution in [3.05, 3.63) is 59.7 Å². The van der Waals surface area contributed by atoms with Crippen molar-refractivity contribution >= 4 is 34.0 Å². The highest BCUT2D eigenvalue weighted by atomic mass is 35.5. The predicted molar refractivity (Wildman–Crippen MR) is 107 cm³/mol. The van der Waals surface area contributed by atoms with Gasteiger partial charge in [-0.15, -0.1) is 12.4 Å². The van der Waals surface area contributed by atoms with Gasteiger partial charge in [0.15, 0.2) is 0 Å². The van der Waals surface area contributed by atoms with Crippen LogP contribution in [-0.4, -0.2) is 34.5 Å². The van der Waals surface area contributed by atoms with Crippen LogP contribution in [-0.2, 0) is 10.0 Å². The Balaban J connectivity index is 0.00000338. The molecule has 0 saturated heterocycles. The van der Waals surface area contributed by atoms with Crippen molar-refractivity contribution in [1.29, 1.82) is 0 Å². The van der Waals surface area contributed by atoms with Crippen LogP contribution in [0.4, 0.5) is 5.69 Å². The molecule has 2 aromatic carbocycles. The highest BCUT2D eigenvalue weighted by Crippen LogP contribution is 2.18. The van der Waals surface area contributed by atoms with Gasteiger partial charge in [-0.3, -0.25) is 9.52 Å². The molecule has 0 aliphatic rings. The van der Waals surface area contributed by atoms with Crippen molar-refractivity contribution in [3.8, 4) is 0 Å². The fraction of sp³-hybridized carbons (Fsp3) is 0.278. The zero-order valence-corrected chi connectivity index (χ0v) is 16.4. The number of aryl methyl sites for hydroxylation is 1. The first-order valence-electron chi connectivity index (χ1n) is 8.05. The molecule has 2 rings (SSSR count). The second-order valence-corrected chi connectivity index (χ2v) is 7.40. The molecule has 0 aromatic heterocycles. The molecule has 1 amide bonds. The highest BCUT2D eigenvalue weighted by Gasteiger charge is 2.16. The molecule has 0 aliphatic carbocycles. The lowest BCUT2D eigenvalue weighted by atomic mass is 10.2. The van der Waals surface area contributed by atoms with E-state index in [1.807, 2.05) is 20.0 Å². The lowest BCUT2D eigenvalue weighted by Gasteiger charge is -2.10. The quantitative estimate of drug-likeness (QED) is 0.597. The first-order valence-corrected chi connectivity index (χ1v) is 9.53. The van der Waals surface area contributed by atoms with E-state index in [0.717, 1.165) is 18.5 Å². The molecule has 0 heterocycles. The summed E-state index contributed by atoms with van der Waals surface area (Å²) in [6.07, 6.45) is 0.801. The summed E-state index contributed by atoms with van der Waals surface area (Å²) < 4.78 is 27.6. The molecule has 0 spiro atoms. The maximum absolute atomic E-state index is 12.5. The van der Waals surface area contributed by atoms with Crippen molar-refractivity contribution in [2.45, 2.75) is 18.2 Å². The molecule has 6 nitrogen and oxygen atoms in total. The van der Waals surface area contributed by atoms with Gasteiger partial charge in [0.25, 0.3) is 15.9 Å². The Labute approximate surface area is 160 Å². The monoisotopic (exact) mass is 397 g/mol. The van der Waals surface area contributed by atoms with Crippen LogP contribution in [0.2, 0.25) is 0 Å². The number of halogens is 1. The van der Waals surface area contributed by atoms with Gasteiger partial charge in [0.05, 0.1) is 4.90 Å². The third-order valence-corrected chi connectivity index (χ3v) is 4.94. The van der Waals surface area contributed by atoms with E-state index in [9.17, 15) is 13.2 Å². The zero-order valence-electron chi connectivity index (χ0n) is 14.8. The summed E-state index contributed by atoms with van der Waals surface area (Å²) in [5, 5.41) is 5.77. The number of benzene rings is 2. The molecule has 0 saturated carbocycles. The van der Waals surface area contributed by atoms with Gasteiger partial charge in [0, 0.05) is 17.8 Å². The van der Waals surface area contributed by atoms with Crippen molar-refractivity contribution in [2.75, 3.05) is 24.9 Å². The second-order valence-electron chi connectivity index (χ2n) is 5.72. The van der Waals surface area contributed by atoms with Gasteiger partial charge >= 0.3 is 0 Å². The van der Waals surface area contributed by atoms with Gasteiger partial charge in [-0.1, -0.05) is 18.2 Å². The maximum Gasteiger partial charge on any atom is 0.261 e. The minimum atomic E-state index is -3.76. The van der Waals surface area contributed by atoms with E-state index in [0.29, 0.717) is 17.8 Å². The summed E-state index contributed by atoms with van der Waals surface area (Å²) in [6.45, 7) is 3.21. The van der Waals surface area contributed by atoms with E-state index in [1.54, 1.807) is 30.3 Å². The molecule has 0 bridgehead atoms. The number of carbonyl (C=O) groups excluding carboxylic acids is 1. The number of carbonyl (C=O) groups is 1. The molecule has 142 valence electrons. The third kappa shape index (κ3) is 6.33. The van der Waals surface area contributed by atoms with Gasteiger partial charge in [0.1, 0.15) is 0 Å². The van der Waals surface area contributed by atoms with Gasteiger partial charge in [-0.25, -0.2) is 8.42 Å². The Morgan fingerprint density at radius 1 is 1.04 bits per heavy atom. The van der Waals surface area contributed by atoms with Crippen LogP contribution >= 0.6 is 12.4 Å². The van der Waals surface area contributed by atoms with Crippen LogP contribution in [0.3, 0.4) is 0 Å². The van der Waals surface area contributed by atoms with E-state index in [2.05, 4.69) is 15.4 Å². The summed E-state index contributed by atoms with van der Waals surface area (Å²) in [5.41, 5.74) is 1.76. The Hall–Kier alpha value is -2.09. The summed E-state index contributed by atoms with van der Waals surface area (Å²) in [7, 11) is -1.91. The smallest absolute Gasteiger partial charge is 0.261 e. The average Bonchev–Trinajstić information content (AvgIpc) is 2.58. The lowest BCUT2D eigenvalue weighted by molar-refractivity contribution is 0.0953. The first-order chi connectivity index (χ1) is 11.9. The highest BCUT2D eigenvalue weighted by molar-refractivity contribution is 7.92. The van der Waals surface area contributed by atoms with E-state index < -0.39 is 10.0 Å². The Kier molecular flexibility index (Phi) is 8.57. The minimum absolute atomic E-state index is 0. The maximum atomic E-state index is 12.5. The fourth-order valence-electron chi connectivity index (χ4n) is 2.30. The molecule has 0 radical (unpaired) electrons. The molecule has 8 heteroatoms. The van der Waals surface area contributed by atoms with Gasteiger partial charge in [0.2, 0.25) is 0 Å². The molecule has 0 unspecified atom stereocenters. The third-order valence-electron chi connectivity index (χ3n) is 3.57. The van der Waals surface area contributed by atoms with Crippen LogP contribution in [0, 0.1) is 6.92 Å². The van der Waals surface area contributed by atoms with E-state index in [4.69, 9.17) is 0 Å². The number of sulfonamides is 1. The normalized spacial score (nSPS) is 10.7. The SMILES string of the molecule is CNCCCNC(=O)c1cccc(S(=O)(=O)Nc2cccc(C)c2)c1.Cl. The van der Waals surface area contributed by atoms with Crippen LogP contribution in [0.25, 0.3) is 0 Å². The fourth-order valence-corrected chi connectivity index (χ4v) is 3.39. The van der Waals surface area contributed by atoms with Crippen molar-refractivity contribution in [3.63, 3.8) is 0 Å². The average molecular weight is 398 g/mol. The molecule has 0 aliphatic heterocycles. The van der Waals surface area contributed by atoms with Crippen molar-refractivity contribution < 1.29 is 13.2 Å². The molecule has 3 N–H and O–H groups in total. The number of hydrogen-bond acceptors (Lipinski definition) is 4. The summed E-state index contributed by atoms with van der Waals surface area (Å²) in [5.74, 6) is -0.288. The number of rotatable bonds is 8. The van der Waals surface area contributed by atoms with Gasteiger partial charge < -0.3 is 10.6 Å². The number of amides is 1. The van der Waals surface area contributed by atoms with Gasteiger partial charge in [-0.2, -0.15) is 0 Å². The topological polar surface area (TPSA) is 87.3 Å². The Bertz CT molecular complexity index is 841. The van der Waals surface area contributed by atoms with Crippen molar-refractivity contribution in [2.24, 2.45) is 0 Å². The van der Waals surface area contributed by atoms with E-state index >= 15 is 0 Å².